The molecule has 0 amide bonds. The third kappa shape index (κ3) is 4.50. The summed E-state index contributed by atoms with van der Waals surface area (Å²) in [4.78, 5) is 12.6. The molecule has 3 heterocycles. The highest BCUT2D eigenvalue weighted by molar-refractivity contribution is 7.98. The van der Waals surface area contributed by atoms with E-state index in [2.05, 4.69) is 42.9 Å². The molecule has 1 aliphatic rings. The Morgan fingerprint density at radius 1 is 1.03 bits per heavy atom. The number of ether oxygens (including phenoxy) is 1. The molecule has 174 valence electrons. The fraction of sp³-hybridized carbons (Fsp3) is 0.273. The lowest BCUT2D eigenvalue weighted by Gasteiger charge is -2.28. The van der Waals surface area contributed by atoms with E-state index in [0.717, 1.165) is 30.3 Å². The molecule has 2 aromatic carbocycles. The lowest BCUT2D eigenvalue weighted by Crippen LogP contribution is -2.38. The monoisotopic (exact) mass is 479 g/mol. The van der Waals surface area contributed by atoms with Gasteiger partial charge in [0.1, 0.15) is 0 Å². The average molecular weight is 480 g/mol. The molecule has 0 bridgehead atoms. The number of aromatic nitrogens is 5. The topological polar surface area (TPSA) is 125 Å². The molecular weight excluding hydrogens is 458 g/mol. The molecule has 0 aliphatic carbocycles. The molecule has 0 radical (unpaired) electrons. The van der Waals surface area contributed by atoms with E-state index in [1.165, 1.54) is 23.9 Å². The van der Waals surface area contributed by atoms with Crippen LogP contribution in [0, 0.1) is 17.0 Å². The summed E-state index contributed by atoms with van der Waals surface area (Å²) in [6, 6.07) is 14.1. The number of thioether (sulfide) groups is 1. The minimum Gasteiger partial charge on any atom is -0.420 e. The van der Waals surface area contributed by atoms with E-state index in [1.54, 1.807) is 12.1 Å². The van der Waals surface area contributed by atoms with Gasteiger partial charge in [-0.15, -0.1) is 20.4 Å². The molecule has 5 rings (SSSR count). The second kappa shape index (κ2) is 9.61. The molecule has 34 heavy (non-hydrogen) atoms. The highest BCUT2D eigenvalue weighted by atomic mass is 32.2. The third-order valence-electron chi connectivity index (χ3n) is 5.38. The molecule has 0 atom stereocenters. The van der Waals surface area contributed by atoms with Gasteiger partial charge in [-0.05, 0) is 30.7 Å². The van der Waals surface area contributed by atoms with Crippen LogP contribution in [0.1, 0.15) is 11.5 Å². The molecule has 11 nitrogen and oxygen atoms in total. The highest BCUT2D eigenvalue weighted by Crippen LogP contribution is 2.31. The van der Waals surface area contributed by atoms with Gasteiger partial charge in [-0.2, -0.15) is 0 Å². The molecule has 0 unspecified atom stereocenters. The zero-order chi connectivity index (χ0) is 23.5. The number of benzene rings is 2. The van der Waals surface area contributed by atoms with Crippen LogP contribution in [0.25, 0.3) is 17.1 Å². The van der Waals surface area contributed by atoms with Crippen LogP contribution >= 0.6 is 11.8 Å². The van der Waals surface area contributed by atoms with Crippen molar-refractivity contribution < 1.29 is 14.1 Å². The quantitative estimate of drug-likeness (QED) is 0.220. The third-order valence-corrected chi connectivity index (χ3v) is 6.30. The maximum absolute atomic E-state index is 10.9. The van der Waals surface area contributed by atoms with E-state index in [-0.39, 0.29) is 5.69 Å². The van der Waals surface area contributed by atoms with E-state index in [0.29, 0.717) is 41.5 Å². The van der Waals surface area contributed by atoms with Crippen molar-refractivity contribution in [1.82, 2.24) is 25.0 Å². The SMILES string of the molecule is Cc1ccccc1-n1c(SCc2nnc(-c3ccc([N+](=O)[O-])cc3)o2)nnc1N1CCOCC1. The predicted octanol–water partition coefficient (Wildman–Crippen LogP) is 3.66. The summed E-state index contributed by atoms with van der Waals surface area (Å²) in [7, 11) is 0. The van der Waals surface area contributed by atoms with Gasteiger partial charge in [0.25, 0.3) is 5.69 Å². The second-order valence-electron chi connectivity index (χ2n) is 7.60. The summed E-state index contributed by atoms with van der Waals surface area (Å²) < 4.78 is 13.3. The summed E-state index contributed by atoms with van der Waals surface area (Å²) in [6.45, 7) is 4.85. The van der Waals surface area contributed by atoms with E-state index in [9.17, 15) is 10.1 Å². The molecular formula is C22H21N7O4S. The smallest absolute Gasteiger partial charge is 0.269 e. The summed E-state index contributed by atoms with van der Waals surface area (Å²) in [5.41, 5.74) is 2.74. The molecule has 12 heteroatoms. The van der Waals surface area contributed by atoms with Crippen molar-refractivity contribution in [3.8, 4) is 17.1 Å². The van der Waals surface area contributed by atoms with Gasteiger partial charge in [-0.1, -0.05) is 30.0 Å². The van der Waals surface area contributed by atoms with E-state index in [4.69, 9.17) is 9.15 Å². The first kappa shape index (κ1) is 22.0. The Balaban J connectivity index is 1.38. The van der Waals surface area contributed by atoms with Gasteiger partial charge < -0.3 is 14.1 Å². The fourth-order valence-corrected chi connectivity index (χ4v) is 4.41. The first-order valence-corrected chi connectivity index (χ1v) is 11.6. The average Bonchev–Trinajstić information content (AvgIpc) is 3.51. The number of para-hydroxylation sites is 1. The number of hydrogen-bond donors (Lipinski definition) is 0. The van der Waals surface area contributed by atoms with Gasteiger partial charge in [0.15, 0.2) is 5.16 Å². The lowest BCUT2D eigenvalue weighted by atomic mass is 10.2. The van der Waals surface area contributed by atoms with Gasteiger partial charge in [-0.25, -0.2) is 0 Å². The van der Waals surface area contributed by atoms with Crippen LogP contribution in [0.5, 0.6) is 0 Å². The number of morpholine rings is 1. The fourth-order valence-electron chi connectivity index (χ4n) is 3.63. The van der Waals surface area contributed by atoms with Crippen molar-refractivity contribution in [2.75, 3.05) is 31.2 Å². The summed E-state index contributed by atoms with van der Waals surface area (Å²) >= 11 is 1.45. The van der Waals surface area contributed by atoms with E-state index in [1.807, 2.05) is 18.2 Å². The number of nitro groups is 1. The number of hydrogen-bond acceptors (Lipinski definition) is 10. The van der Waals surface area contributed by atoms with Crippen molar-refractivity contribution in [2.24, 2.45) is 0 Å². The maximum atomic E-state index is 10.9. The molecule has 0 saturated carbocycles. The Morgan fingerprint density at radius 3 is 2.53 bits per heavy atom. The van der Waals surface area contributed by atoms with Crippen LogP contribution in [0.4, 0.5) is 11.6 Å². The van der Waals surface area contributed by atoms with Crippen LogP contribution in [-0.4, -0.2) is 56.2 Å². The Hall–Kier alpha value is -3.77. The van der Waals surface area contributed by atoms with Crippen LogP contribution < -0.4 is 4.90 Å². The van der Waals surface area contributed by atoms with Gasteiger partial charge in [0.2, 0.25) is 17.7 Å². The van der Waals surface area contributed by atoms with E-state index >= 15 is 0 Å². The van der Waals surface area contributed by atoms with Gasteiger partial charge in [-0.3, -0.25) is 14.7 Å². The Bertz CT molecular complexity index is 1300. The van der Waals surface area contributed by atoms with Gasteiger partial charge >= 0.3 is 0 Å². The normalized spacial score (nSPS) is 13.9. The summed E-state index contributed by atoms with van der Waals surface area (Å²) in [5, 5.41) is 28.7. The van der Waals surface area contributed by atoms with Crippen molar-refractivity contribution in [2.45, 2.75) is 17.8 Å². The maximum Gasteiger partial charge on any atom is 0.269 e. The Morgan fingerprint density at radius 2 is 1.79 bits per heavy atom. The van der Waals surface area contributed by atoms with Gasteiger partial charge in [0, 0.05) is 30.8 Å². The van der Waals surface area contributed by atoms with E-state index < -0.39 is 4.92 Å². The summed E-state index contributed by atoms with van der Waals surface area (Å²) in [6.07, 6.45) is 0. The Kier molecular flexibility index (Phi) is 6.23. The number of aryl methyl sites for hydroxylation is 1. The van der Waals surface area contributed by atoms with Crippen molar-refractivity contribution in [3.63, 3.8) is 0 Å². The molecule has 1 fully saturated rings. The Labute approximate surface area is 198 Å². The number of nitrogens with zero attached hydrogens (tertiary/aromatic N) is 7. The first-order chi connectivity index (χ1) is 16.6. The predicted molar refractivity (Wildman–Crippen MR) is 125 cm³/mol. The zero-order valence-corrected chi connectivity index (χ0v) is 19.1. The minimum atomic E-state index is -0.449. The van der Waals surface area contributed by atoms with Crippen LogP contribution in [0.3, 0.4) is 0 Å². The van der Waals surface area contributed by atoms with Crippen LogP contribution in [-0.2, 0) is 10.5 Å². The van der Waals surface area contributed by atoms with Crippen LogP contribution in [0.2, 0.25) is 0 Å². The summed E-state index contributed by atoms with van der Waals surface area (Å²) in [5.74, 6) is 1.90. The first-order valence-electron chi connectivity index (χ1n) is 10.6. The van der Waals surface area contributed by atoms with Gasteiger partial charge in [0.05, 0.1) is 29.6 Å². The molecule has 1 saturated heterocycles. The van der Waals surface area contributed by atoms with Crippen molar-refractivity contribution in [1.29, 1.82) is 0 Å². The minimum absolute atomic E-state index is 0.00524. The van der Waals surface area contributed by atoms with Crippen molar-refractivity contribution in [3.05, 3.63) is 70.1 Å². The zero-order valence-electron chi connectivity index (χ0n) is 18.3. The lowest BCUT2D eigenvalue weighted by molar-refractivity contribution is -0.384. The number of rotatable bonds is 7. The molecule has 1 aliphatic heterocycles. The second-order valence-corrected chi connectivity index (χ2v) is 8.54. The molecule has 4 aromatic rings. The number of non-ortho nitro benzene ring substituents is 1. The van der Waals surface area contributed by atoms with Crippen LogP contribution in [0.15, 0.2) is 58.1 Å². The largest absolute Gasteiger partial charge is 0.420 e. The molecule has 2 aromatic heterocycles. The molecule has 0 spiro atoms. The van der Waals surface area contributed by atoms with Crippen molar-refractivity contribution >= 4 is 23.4 Å². The number of anilines is 1. The standard InChI is InChI=1S/C22H21N7O4S/c1-15-4-2-3-5-18(15)28-21(27-10-12-32-13-11-27)25-26-22(28)34-14-19-23-24-20(33-19)16-6-8-17(9-7-16)29(30)31/h2-9H,10-14H2,1H3. The highest BCUT2D eigenvalue weighted by Gasteiger charge is 2.23. The molecule has 0 N–H and O–H groups in total. The number of nitro benzene ring substituents is 1.